The van der Waals surface area contributed by atoms with Crippen molar-refractivity contribution >= 4 is 23.9 Å². The Morgan fingerprint density at radius 3 is 2.36 bits per heavy atom. The Bertz CT molecular complexity index is 1320. The number of amides is 2. The Morgan fingerprint density at radius 2 is 1.72 bits per heavy atom. The van der Waals surface area contributed by atoms with Crippen LogP contribution in [0.25, 0.3) is 11.8 Å². The Morgan fingerprint density at radius 1 is 1.03 bits per heavy atom. The molecule has 0 unspecified atom stereocenters. The molecule has 1 heterocycles. The second-order valence-electron chi connectivity index (χ2n) is 7.70. The van der Waals surface area contributed by atoms with Crippen LogP contribution in [0.15, 0.2) is 66.2 Å². The van der Waals surface area contributed by atoms with E-state index in [0.717, 1.165) is 22.8 Å². The van der Waals surface area contributed by atoms with Gasteiger partial charge in [0.2, 0.25) is 0 Å². The number of ether oxygens (including phenoxy) is 2. The molecule has 0 radical (unpaired) electrons. The molecule has 2 aromatic carbocycles. The second-order valence-corrected chi connectivity index (χ2v) is 7.70. The van der Waals surface area contributed by atoms with Crippen LogP contribution >= 0.6 is 0 Å². The Labute approximate surface area is 208 Å². The summed E-state index contributed by atoms with van der Waals surface area (Å²) in [6.45, 7) is 5.61. The minimum absolute atomic E-state index is 0.261. The van der Waals surface area contributed by atoms with Crippen molar-refractivity contribution in [2.45, 2.75) is 20.8 Å². The van der Waals surface area contributed by atoms with Crippen molar-refractivity contribution in [3.8, 4) is 17.5 Å². The van der Waals surface area contributed by atoms with Crippen molar-refractivity contribution < 1.29 is 23.9 Å². The largest absolute Gasteiger partial charge is 0.494 e. The fourth-order valence-corrected chi connectivity index (χ4v) is 3.51. The summed E-state index contributed by atoms with van der Waals surface area (Å²) in [5.41, 5.74) is 7.77. The van der Waals surface area contributed by atoms with Crippen LogP contribution in [0.2, 0.25) is 0 Å². The van der Waals surface area contributed by atoms with Crippen LogP contribution in [0, 0.1) is 25.2 Å². The van der Waals surface area contributed by atoms with E-state index in [2.05, 4.69) is 10.9 Å². The molecule has 1 aromatic heterocycles. The topological polar surface area (TPSA) is 122 Å². The molecule has 184 valence electrons. The van der Waals surface area contributed by atoms with Gasteiger partial charge >= 0.3 is 5.97 Å². The molecule has 9 heteroatoms. The van der Waals surface area contributed by atoms with Gasteiger partial charge in [0.15, 0.2) is 6.61 Å². The maximum atomic E-state index is 12.4. The fraction of sp³-hybridized carbons (Fsp3) is 0.185. The maximum Gasteiger partial charge on any atom is 0.349 e. The van der Waals surface area contributed by atoms with E-state index < -0.39 is 24.4 Å². The van der Waals surface area contributed by atoms with Gasteiger partial charge in [0, 0.05) is 22.6 Å². The van der Waals surface area contributed by atoms with Crippen LogP contribution in [0.1, 0.15) is 34.2 Å². The lowest BCUT2D eigenvalue weighted by Gasteiger charge is -2.11. The SMILES string of the molecule is CCOc1ccc(-n2c(C)cc(/C=C(\C#N)C(=O)OCC(=O)NNC(=O)c3ccccc3)c2C)cc1. The van der Waals surface area contributed by atoms with Gasteiger partial charge < -0.3 is 14.0 Å². The monoisotopic (exact) mass is 486 g/mol. The lowest BCUT2D eigenvalue weighted by Crippen LogP contribution is -2.43. The summed E-state index contributed by atoms with van der Waals surface area (Å²) in [5.74, 6) is -1.45. The molecule has 0 spiro atoms. The molecule has 0 bridgehead atoms. The molecule has 2 amide bonds. The molecule has 0 aliphatic rings. The zero-order chi connectivity index (χ0) is 26.1. The molecule has 3 rings (SSSR count). The van der Waals surface area contributed by atoms with E-state index in [-0.39, 0.29) is 5.57 Å². The first kappa shape index (κ1) is 25.8. The molecule has 0 aliphatic heterocycles. The quantitative estimate of drug-likeness (QED) is 0.218. The van der Waals surface area contributed by atoms with Crippen molar-refractivity contribution in [2.24, 2.45) is 0 Å². The van der Waals surface area contributed by atoms with Crippen LogP contribution in [0.3, 0.4) is 0 Å². The lowest BCUT2D eigenvalue weighted by atomic mass is 10.1. The number of nitrogens with zero attached hydrogens (tertiary/aromatic N) is 2. The van der Waals surface area contributed by atoms with E-state index in [4.69, 9.17) is 9.47 Å². The first-order valence-electron chi connectivity index (χ1n) is 11.2. The van der Waals surface area contributed by atoms with E-state index >= 15 is 0 Å². The summed E-state index contributed by atoms with van der Waals surface area (Å²) in [7, 11) is 0. The first-order valence-corrected chi connectivity index (χ1v) is 11.2. The summed E-state index contributed by atoms with van der Waals surface area (Å²) < 4.78 is 12.4. The molecule has 9 nitrogen and oxygen atoms in total. The van der Waals surface area contributed by atoms with E-state index in [1.165, 1.54) is 6.08 Å². The molecule has 0 fully saturated rings. The van der Waals surface area contributed by atoms with Gasteiger partial charge in [-0.2, -0.15) is 5.26 Å². The molecule has 0 saturated heterocycles. The van der Waals surface area contributed by atoms with Gasteiger partial charge in [0.05, 0.1) is 6.61 Å². The average molecular weight is 487 g/mol. The standard InChI is InChI=1S/C27H26N4O5/c1-4-35-24-12-10-23(11-13-24)31-18(2)14-21(19(31)3)15-22(16-28)27(34)36-17-25(32)29-30-26(33)20-8-6-5-7-9-20/h5-15H,4,17H2,1-3H3,(H,29,32)(H,30,33)/b22-15+. The normalized spacial score (nSPS) is 10.8. The van der Waals surface area contributed by atoms with Crippen LogP contribution in [-0.4, -0.2) is 35.6 Å². The number of hydrazine groups is 1. The van der Waals surface area contributed by atoms with Gasteiger partial charge in [-0.25, -0.2) is 4.79 Å². The predicted octanol–water partition coefficient (Wildman–Crippen LogP) is 3.40. The van der Waals surface area contributed by atoms with Gasteiger partial charge in [-0.1, -0.05) is 18.2 Å². The number of benzene rings is 2. The van der Waals surface area contributed by atoms with E-state index in [1.54, 1.807) is 30.3 Å². The smallest absolute Gasteiger partial charge is 0.349 e. The molecule has 36 heavy (non-hydrogen) atoms. The Kier molecular flexibility index (Phi) is 8.62. The molecular weight excluding hydrogens is 460 g/mol. The van der Waals surface area contributed by atoms with Gasteiger partial charge in [-0.05, 0) is 74.9 Å². The summed E-state index contributed by atoms with van der Waals surface area (Å²) in [6.07, 6.45) is 1.42. The zero-order valence-corrected chi connectivity index (χ0v) is 20.2. The molecule has 0 aliphatic carbocycles. The van der Waals surface area contributed by atoms with Crippen LogP contribution < -0.4 is 15.6 Å². The van der Waals surface area contributed by atoms with Crippen molar-refractivity contribution in [1.82, 2.24) is 15.4 Å². The number of carbonyl (C=O) groups is 3. The molecule has 2 N–H and O–H groups in total. The van der Waals surface area contributed by atoms with Crippen molar-refractivity contribution in [3.63, 3.8) is 0 Å². The second kappa shape index (κ2) is 12.0. The Balaban J connectivity index is 1.64. The average Bonchev–Trinajstić information content (AvgIpc) is 3.17. The number of nitriles is 1. The third kappa shape index (κ3) is 6.39. The number of hydrogen-bond acceptors (Lipinski definition) is 6. The molecule has 0 atom stereocenters. The van der Waals surface area contributed by atoms with Crippen LogP contribution in [0.4, 0.5) is 0 Å². The summed E-state index contributed by atoms with van der Waals surface area (Å²) in [4.78, 5) is 36.3. The van der Waals surface area contributed by atoms with Gasteiger partial charge in [0.25, 0.3) is 11.8 Å². The van der Waals surface area contributed by atoms with Crippen LogP contribution in [0.5, 0.6) is 5.75 Å². The number of esters is 1. The highest BCUT2D eigenvalue weighted by Crippen LogP contribution is 2.24. The number of aromatic nitrogens is 1. The van der Waals surface area contributed by atoms with Gasteiger partial charge in [0.1, 0.15) is 17.4 Å². The van der Waals surface area contributed by atoms with Gasteiger partial charge in [-0.3, -0.25) is 20.4 Å². The minimum atomic E-state index is -0.951. The highest BCUT2D eigenvalue weighted by molar-refractivity contribution is 5.99. The van der Waals surface area contributed by atoms with E-state index in [0.29, 0.717) is 17.7 Å². The van der Waals surface area contributed by atoms with Crippen molar-refractivity contribution in [3.05, 3.63) is 88.8 Å². The summed E-state index contributed by atoms with van der Waals surface area (Å²) in [6, 6.07) is 19.6. The third-order valence-corrected chi connectivity index (χ3v) is 5.20. The number of nitrogens with one attached hydrogen (secondary N) is 2. The van der Waals surface area contributed by atoms with Crippen LogP contribution in [-0.2, 0) is 14.3 Å². The first-order chi connectivity index (χ1) is 17.3. The minimum Gasteiger partial charge on any atom is -0.494 e. The molecule has 3 aromatic rings. The van der Waals surface area contributed by atoms with E-state index in [9.17, 15) is 19.6 Å². The summed E-state index contributed by atoms with van der Waals surface area (Å²) in [5, 5.41) is 9.49. The van der Waals surface area contributed by atoms with Crippen molar-refractivity contribution in [2.75, 3.05) is 13.2 Å². The number of rotatable bonds is 8. The Hall–Kier alpha value is -4.84. The highest BCUT2D eigenvalue weighted by atomic mass is 16.5. The number of aryl methyl sites for hydroxylation is 1. The third-order valence-electron chi connectivity index (χ3n) is 5.20. The van der Waals surface area contributed by atoms with E-state index in [1.807, 2.05) is 61.7 Å². The van der Waals surface area contributed by atoms with Gasteiger partial charge in [-0.15, -0.1) is 0 Å². The fourth-order valence-electron chi connectivity index (χ4n) is 3.51. The predicted molar refractivity (Wildman–Crippen MR) is 133 cm³/mol. The molecule has 0 saturated carbocycles. The number of hydrogen-bond donors (Lipinski definition) is 2. The number of carbonyl (C=O) groups excluding carboxylic acids is 3. The molecular formula is C27H26N4O5. The lowest BCUT2D eigenvalue weighted by molar-refractivity contribution is -0.144. The summed E-state index contributed by atoms with van der Waals surface area (Å²) >= 11 is 0. The highest BCUT2D eigenvalue weighted by Gasteiger charge is 2.16. The zero-order valence-electron chi connectivity index (χ0n) is 20.2. The van der Waals surface area contributed by atoms with Crippen molar-refractivity contribution in [1.29, 1.82) is 5.26 Å². The maximum absolute atomic E-state index is 12.4.